The number of benzene rings is 2. The van der Waals surface area contributed by atoms with Crippen LogP contribution in [0.2, 0.25) is 0 Å². The standard InChI is InChI=1S/C19H23NO5/c1-20(19(21)14-7-6-8-15(11-14)22-2)12-13-9-16(23-3)18(25-5)17(10-13)24-4/h6-11H,12H2,1-5H3. The molecule has 2 aromatic rings. The SMILES string of the molecule is COc1cccc(C(=O)N(C)Cc2cc(OC)c(OC)c(OC)c2)c1. The Kier molecular flexibility index (Phi) is 6.11. The Bertz CT molecular complexity index is 719. The van der Waals surface area contributed by atoms with Crippen LogP contribution < -0.4 is 18.9 Å². The third-order valence-electron chi connectivity index (χ3n) is 3.81. The van der Waals surface area contributed by atoms with Gasteiger partial charge in [-0.2, -0.15) is 0 Å². The molecule has 0 aromatic heterocycles. The van der Waals surface area contributed by atoms with E-state index in [0.717, 1.165) is 5.56 Å². The Labute approximate surface area is 147 Å². The van der Waals surface area contributed by atoms with Gasteiger partial charge in [-0.1, -0.05) is 6.07 Å². The monoisotopic (exact) mass is 345 g/mol. The molecule has 1 amide bonds. The predicted molar refractivity (Wildman–Crippen MR) is 94.9 cm³/mol. The lowest BCUT2D eigenvalue weighted by molar-refractivity contribution is 0.0784. The van der Waals surface area contributed by atoms with Gasteiger partial charge in [0, 0.05) is 19.2 Å². The summed E-state index contributed by atoms with van der Waals surface area (Å²) < 4.78 is 21.2. The zero-order valence-electron chi connectivity index (χ0n) is 15.2. The molecule has 6 nitrogen and oxygen atoms in total. The summed E-state index contributed by atoms with van der Waals surface area (Å²) in [4.78, 5) is 14.3. The van der Waals surface area contributed by atoms with Gasteiger partial charge in [0.1, 0.15) is 5.75 Å². The average Bonchev–Trinajstić information content (AvgIpc) is 2.66. The summed E-state index contributed by atoms with van der Waals surface area (Å²) >= 11 is 0. The molecular formula is C19H23NO5. The van der Waals surface area contributed by atoms with E-state index < -0.39 is 0 Å². The largest absolute Gasteiger partial charge is 0.497 e. The predicted octanol–water partition coefficient (Wildman–Crippen LogP) is 2.99. The Morgan fingerprint density at radius 1 is 0.920 bits per heavy atom. The molecule has 6 heteroatoms. The van der Waals surface area contributed by atoms with E-state index in [4.69, 9.17) is 18.9 Å². The molecule has 2 aromatic carbocycles. The van der Waals surface area contributed by atoms with E-state index in [-0.39, 0.29) is 5.91 Å². The summed E-state index contributed by atoms with van der Waals surface area (Å²) in [5.74, 6) is 2.17. The highest BCUT2D eigenvalue weighted by Crippen LogP contribution is 2.38. The molecule has 0 heterocycles. The van der Waals surface area contributed by atoms with Gasteiger partial charge in [0.2, 0.25) is 5.75 Å². The topological polar surface area (TPSA) is 57.2 Å². The fourth-order valence-corrected chi connectivity index (χ4v) is 2.55. The van der Waals surface area contributed by atoms with Crippen LogP contribution in [0.15, 0.2) is 36.4 Å². The Morgan fingerprint density at radius 3 is 2.08 bits per heavy atom. The van der Waals surface area contributed by atoms with Crippen LogP contribution in [0.25, 0.3) is 0 Å². The lowest BCUT2D eigenvalue weighted by atomic mass is 10.1. The molecule has 0 aliphatic carbocycles. The molecule has 0 N–H and O–H groups in total. The number of hydrogen-bond donors (Lipinski definition) is 0. The van der Waals surface area contributed by atoms with Gasteiger partial charge in [0.15, 0.2) is 11.5 Å². The first-order valence-corrected chi connectivity index (χ1v) is 7.72. The maximum absolute atomic E-state index is 12.6. The van der Waals surface area contributed by atoms with Crippen molar-refractivity contribution in [3.63, 3.8) is 0 Å². The summed E-state index contributed by atoms with van der Waals surface area (Å²) in [7, 11) is 7.99. The van der Waals surface area contributed by atoms with Crippen LogP contribution in [-0.4, -0.2) is 46.3 Å². The number of nitrogens with zero attached hydrogens (tertiary/aromatic N) is 1. The van der Waals surface area contributed by atoms with Crippen LogP contribution in [0.4, 0.5) is 0 Å². The third-order valence-corrected chi connectivity index (χ3v) is 3.81. The highest BCUT2D eigenvalue weighted by atomic mass is 16.5. The molecule has 0 saturated heterocycles. The Balaban J connectivity index is 2.24. The minimum atomic E-state index is -0.104. The van der Waals surface area contributed by atoms with Crippen molar-refractivity contribution in [2.45, 2.75) is 6.54 Å². The fourth-order valence-electron chi connectivity index (χ4n) is 2.55. The van der Waals surface area contributed by atoms with E-state index in [0.29, 0.717) is 35.1 Å². The van der Waals surface area contributed by atoms with Gasteiger partial charge in [-0.3, -0.25) is 4.79 Å². The molecule has 0 aliphatic rings. The summed E-state index contributed by atoms with van der Waals surface area (Å²) in [5, 5.41) is 0. The van der Waals surface area contributed by atoms with Crippen LogP contribution in [0, 0.1) is 0 Å². The smallest absolute Gasteiger partial charge is 0.254 e. The summed E-state index contributed by atoms with van der Waals surface area (Å²) in [5.41, 5.74) is 1.43. The number of hydrogen-bond acceptors (Lipinski definition) is 5. The van der Waals surface area contributed by atoms with Crippen LogP contribution >= 0.6 is 0 Å². The second-order valence-electron chi connectivity index (χ2n) is 5.43. The van der Waals surface area contributed by atoms with Gasteiger partial charge in [-0.15, -0.1) is 0 Å². The Hall–Kier alpha value is -2.89. The van der Waals surface area contributed by atoms with Crippen molar-refractivity contribution in [1.29, 1.82) is 0 Å². The third kappa shape index (κ3) is 4.15. The molecule has 2 rings (SSSR count). The van der Waals surface area contributed by atoms with E-state index in [1.54, 1.807) is 64.7 Å². The molecule has 0 spiro atoms. The zero-order valence-corrected chi connectivity index (χ0v) is 15.2. The number of rotatable bonds is 7. The van der Waals surface area contributed by atoms with Gasteiger partial charge in [0.05, 0.1) is 28.4 Å². The van der Waals surface area contributed by atoms with Crippen molar-refractivity contribution in [3.05, 3.63) is 47.5 Å². The molecule has 0 unspecified atom stereocenters. The minimum Gasteiger partial charge on any atom is -0.497 e. The van der Waals surface area contributed by atoms with Crippen molar-refractivity contribution in [1.82, 2.24) is 4.90 Å². The van der Waals surface area contributed by atoms with E-state index in [2.05, 4.69) is 0 Å². The van der Waals surface area contributed by atoms with E-state index in [1.165, 1.54) is 0 Å². The summed E-state index contributed by atoms with van der Waals surface area (Å²) in [6.07, 6.45) is 0. The summed E-state index contributed by atoms with van der Waals surface area (Å²) in [6, 6.07) is 10.7. The van der Waals surface area contributed by atoms with Crippen LogP contribution in [0.3, 0.4) is 0 Å². The maximum atomic E-state index is 12.6. The normalized spacial score (nSPS) is 10.1. The van der Waals surface area contributed by atoms with Gasteiger partial charge in [-0.25, -0.2) is 0 Å². The highest BCUT2D eigenvalue weighted by Gasteiger charge is 2.17. The molecule has 0 radical (unpaired) electrons. The van der Waals surface area contributed by atoms with Crippen LogP contribution in [0.1, 0.15) is 15.9 Å². The molecular weight excluding hydrogens is 322 g/mol. The van der Waals surface area contributed by atoms with Gasteiger partial charge in [0.25, 0.3) is 5.91 Å². The van der Waals surface area contributed by atoms with Crippen LogP contribution in [0.5, 0.6) is 23.0 Å². The second kappa shape index (κ2) is 8.28. The fraction of sp³-hybridized carbons (Fsp3) is 0.316. The van der Waals surface area contributed by atoms with Crippen LogP contribution in [-0.2, 0) is 6.54 Å². The van der Waals surface area contributed by atoms with E-state index in [9.17, 15) is 4.79 Å². The molecule has 0 bridgehead atoms. The maximum Gasteiger partial charge on any atom is 0.254 e. The lowest BCUT2D eigenvalue weighted by Crippen LogP contribution is -2.26. The summed E-state index contributed by atoms with van der Waals surface area (Å²) in [6.45, 7) is 0.396. The van der Waals surface area contributed by atoms with Crippen molar-refractivity contribution in [2.75, 3.05) is 35.5 Å². The number of amides is 1. The molecule has 0 atom stereocenters. The average molecular weight is 345 g/mol. The number of ether oxygens (including phenoxy) is 4. The van der Waals surface area contributed by atoms with Crippen molar-refractivity contribution in [3.8, 4) is 23.0 Å². The lowest BCUT2D eigenvalue weighted by Gasteiger charge is -2.20. The molecule has 0 fully saturated rings. The first-order chi connectivity index (χ1) is 12.0. The molecule has 134 valence electrons. The second-order valence-corrected chi connectivity index (χ2v) is 5.43. The molecule has 25 heavy (non-hydrogen) atoms. The van der Waals surface area contributed by atoms with E-state index in [1.807, 2.05) is 12.1 Å². The quantitative estimate of drug-likeness (QED) is 0.772. The minimum absolute atomic E-state index is 0.104. The number of carbonyl (C=O) groups excluding carboxylic acids is 1. The number of carbonyl (C=O) groups is 1. The van der Waals surface area contributed by atoms with Crippen molar-refractivity contribution < 1.29 is 23.7 Å². The van der Waals surface area contributed by atoms with Crippen molar-refractivity contribution in [2.24, 2.45) is 0 Å². The first-order valence-electron chi connectivity index (χ1n) is 7.72. The molecule has 0 aliphatic heterocycles. The van der Waals surface area contributed by atoms with E-state index >= 15 is 0 Å². The highest BCUT2D eigenvalue weighted by molar-refractivity contribution is 5.94. The first kappa shape index (κ1) is 18.4. The zero-order chi connectivity index (χ0) is 18.4. The number of methoxy groups -OCH3 is 4. The Morgan fingerprint density at radius 2 is 1.56 bits per heavy atom. The van der Waals surface area contributed by atoms with Gasteiger partial charge in [-0.05, 0) is 35.9 Å². The van der Waals surface area contributed by atoms with Gasteiger partial charge < -0.3 is 23.8 Å². The van der Waals surface area contributed by atoms with Gasteiger partial charge >= 0.3 is 0 Å². The molecule has 0 saturated carbocycles. The van der Waals surface area contributed by atoms with Crippen molar-refractivity contribution >= 4 is 5.91 Å².